The summed E-state index contributed by atoms with van der Waals surface area (Å²) in [6.07, 6.45) is 1.55. The minimum atomic E-state index is -0.0561. The van der Waals surface area contributed by atoms with E-state index >= 15 is 0 Å². The van der Waals surface area contributed by atoms with E-state index in [0.717, 1.165) is 48.1 Å². The molecule has 1 aliphatic rings. The Kier molecular flexibility index (Phi) is 8.78. The molecule has 3 rings (SSSR count). The average Bonchev–Trinajstić information content (AvgIpc) is 3.21. The summed E-state index contributed by atoms with van der Waals surface area (Å²) in [6.45, 7) is 7.46. The number of likely N-dealkylation sites (tertiary alicyclic amines) is 1. The number of benzene rings is 2. The number of aliphatic imine (C=N–C) groups is 1. The maximum atomic E-state index is 12.0. The van der Waals surface area contributed by atoms with Gasteiger partial charge in [-0.2, -0.15) is 0 Å². The molecule has 1 aliphatic heterocycles. The van der Waals surface area contributed by atoms with Gasteiger partial charge in [-0.15, -0.1) is 0 Å². The molecule has 2 N–H and O–H groups in total. The summed E-state index contributed by atoms with van der Waals surface area (Å²) >= 11 is 0. The van der Waals surface area contributed by atoms with Crippen molar-refractivity contribution < 1.29 is 14.3 Å². The molecule has 1 atom stereocenters. The van der Waals surface area contributed by atoms with E-state index in [9.17, 15) is 4.79 Å². The highest BCUT2D eigenvalue weighted by atomic mass is 16.5. The second kappa shape index (κ2) is 12.0. The number of carbonyl (C=O) groups is 1. The lowest BCUT2D eigenvalue weighted by molar-refractivity contribution is -0.128. The van der Waals surface area contributed by atoms with Gasteiger partial charge >= 0.3 is 0 Å². The van der Waals surface area contributed by atoms with E-state index in [1.165, 1.54) is 0 Å². The van der Waals surface area contributed by atoms with Gasteiger partial charge in [0.25, 0.3) is 0 Å². The van der Waals surface area contributed by atoms with Crippen LogP contribution in [0.5, 0.6) is 11.5 Å². The number of nitrogens with zero attached hydrogens (tertiary/aromatic N) is 2. The summed E-state index contributed by atoms with van der Waals surface area (Å²) in [5.41, 5.74) is 2.28. The van der Waals surface area contributed by atoms with Crippen LogP contribution in [-0.2, 0) is 17.9 Å². The molecule has 0 radical (unpaired) electrons. The lowest BCUT2D eigenvalue weighted by atomic mass is 10.1. The summed E-state index contributed by atoms with van der Waals surface area (Å²) in [5.74, 6) is 2.52. The van der Waals surface area contributed by atoms with E-state index in [1.54, 1.807) is 7.11 Å². The van der Waals surface area contributed by atoms with Crippen LogP contribution < -0.4 is 20.1 Å². The molecular formula is C25H34N4O3. The van der Waals surface area contributed by atoms with Gasteiger partial charge in [-0.25, -0.2) is 4.99 Å². The van der Waals surface area contributed by atoms with Crippen LogP contribution in [0, 0.1) is 0 Å². The number of amides is 1. The number of hydrogen-bond acceptors (Lipinski definition) is 4. The second-order valence-corrected chi connectivity index (χ2v) is 7.87. The van der Waals surface area contributed by atoms with Crippen LogP contribution in [0.1, 0.15) is 37.8 Å². The lowest BCUT2D eigenvalue weighted by Crippen LogP contribution is -2.41. The quantitative estimate of drug-likeness (QED) is 0.440. The number of methoxy groups -OCH3 is 1. The molecule has 0 saturated carbocycles. The summed E-state index contributed by atoms with van der Waals surface area (Å²) in [6, 6.07) is 15.8. The summed E-state index contributed by atoms with van der Waals surface area (Å²) < 4.78 is 11.2. The first kappa shape index (κ1) is 23.4. The predicted octanol–water partition coefficient (Wildman–Crippen LogP) is 3.34. The van der Waals surface area contributed by atoms with Crippen molar-refractivity contribution in [3.05, 3.63) is 59.7 Å². The highest BCUT2D eigenvalue weighted by molar-refractivity contribution is 5.80. The zero-order valence-electron chi connectivity index (χ0n) is 19.3. The van der Waals surface area contributed by atoms with Gasteiger partial charge in [0, 0.05) is 32.1 Å². The second-order valence-electron chi connectivity index (χ2n) is 7.87. The van der Waals surface area contributed by atoms with Gasteiger partial charge in [0.05, 0.1) is 20.2 Å². The monoisotopic (exact) mass is 438 g/mol. The van der Waals surface area contributed by atoms with Crippen molar-refractivity contribution >= 4 is 11.9 Å². The van der Waals surface area contributed by atoms with E-state index in [-0.39, 0.29) is 12.0 Å². The topological polar surface area (TPSA) is 75.2 Å². The average molecular weight is 439 g/mol. The molecule has 1 saturated heterocycles. The zero-order chi connectivity index (χ0) is 22.8. The summed E-state index contributed by atoms with van der Waals surface area (Å²) in [5, 5.41) is 6.65. The van der Waals surface area contributed by atoms with Gasteiger partial charge in [-0.1, -0.05) is 30.3 Å². The first-order valence-corrected chi connectivity index (χ1v) is 11.3. The molecule has 1 heterocycles. The summed E-state index contributed by atoms with van der Waals surface area (Å²) in [7, 11) is 1.64. The molecule has 0 aliphatic carbocycles. The normalized spacial score (nSPS) is 14.9. The SMILES string of the molecule is CCNC(=NCc1ccccc1CN1CCCC1=O)NCC(C)Oc1cccc(OC)c1. The van der Waals surface area contributed by atoms with E-state index < -0.39 is 0 Å². The molecule has 0 spiro atoms. The predicted molar refractivity (Wildman–Crippen MR) is 127 cm³/mol. The number of ether oxygens (including phenoxy) is 2. The number of guanidine groups is 1. The molecule has 0 aromatic heterocycles. The van der Waals surface area contributed by atoms with Crippen molar-refractivity contribution in [2.75, 3.05) is 26.7 Å². The van der Waals surface area contributed by atoms with Crippen molar-refractivity contribution in [3.63, 3.8) is 0 Å². The third kappa shape index (κ3) is 6.90. The first-order valence-electron chi connectivity index (χ1n) is 11.3. The van der Waals surface area contributed by atoms with Crippen LogP contribution in [0.25, 0.3) is 0 Å². The molecular weight excluding hydrogens is 404 g/mol. The molecule has 1 unspecified atom stereocenters. The van der Waals surface area contributed by atoms with Crippen molar-refractivity contribution in [2.24, 2.45) is 4.99 Å². The molecule has 1 amide bonds. The molecule has 172 valence electrons. The number of hydrogen-bond donors (Lipinski definition) is 2. The highest BCUT2D eigenvalue weighted by Gasteiger charge is 2.20. The van der Waals surface area contributed by atoms with Gasteiger partial charge < -0.3 is 25.0 Å². The van der Waals surface area contributed by atoms with Crippen LogP contribution in [0.15, 0.2) is 53.5 Å². The molecule has 2 aromatic rings. The fourth-order valence-corrected chi connectivity index (χ4v) is 3.64. The third-order valence-electron chi connectivity index (χ3n) is 5.34. The zero-order valence-corrected chi connectivity index (χ0v) is 19.3. The largest absolute Gasteiger partial charge is 0.497 e. The number of nitrogens with one attached hydrogen (secondary N) is 2. The van der Waals surface area contributed by atoms with Gasteiger partial charge in [0.15, 0.2) is 5.96 Å². The minimum absolute atomic E-state index is 0.0561. The molecule has 7 heteroatoms. The standard InChI is InChI=1S/C25H34N4O3/c1-4-26-25(27-16-19(2)32-23-12-7-11-22(15-23)31-3)28-17-20-9-5-6-10-21(20)18-29-14-8-13-24(29)30/h5-7,9-12,15,19H,4,8,13-14,16-18H2,1-3H3,(H2,26,27,28). The van der Waals surface area contributed by atoms with Gasteiger partial charge in [0.1, 0.15) is 17.6 Å². The van der Waals surface area contributed by atoms with Gasteiger partial charge in [0.2, 0.25) is 5.91 Å². The van der Waals surface area contributed by atoms with Crippen molar-refractivity contribution in [3.8, 4) is 11.5 Å². The van der Waals surface area contributed by atoms with E-state index in [1.807, 2.05) is 55.1 Å². The lowest BCUT2D eigenvalue weighted by Gasteiger charge is -2.19. The fourth-order valence-electron chi connectivity index (χ4n) is 3.64. The smallest absolute Gasteiger partial charge is 0.222 e. The molecule has 0 bridgehead atoms. The molecule has 1 fully saturated rings. The maximum absolute atomic E-state index is 12.0. The summed E-state index contributed by atoms with van der Waals surface area (Å²) in [4.78, 5) is 18.7. The Hall–Kier alpha value is -3.22. The first-order chi connectivity index (χ1) is 15.6. The Morgan fingerprint density at radius 3 is 2.62 bits per heavy atom. The molecule has 2 aromatic carbocycles. The Morgan fingerprint density at radius 2 is 1.91 bits per heavy atom. The van der Waals surface area contributed by atoms with E-state index in [2.05, 4.69) is 22.8 Å². The Morgan fingerprint density at radius 1 is 1.12 bits per heavy atom. The Bertz CT molecular complexity index is 916. The van der Waals surface area contributed by atoms with Gasteiger partial charge in [-0.05, 0) is 43.5 Å². The van der Waals surface area contributed by atoms with Crippen molar-refractivity contribution in [1.82, 2.24) is 15.5 Å². The van der Waals surface area contributed by atoms with Crippen LogP contribution in [0.2, 0.25) is 0 Å². The van der Waals surface area contributed by atoms with Crippen LogP contribution in [0.3, 0.4) is 0 Å². The van der Waals surface area contributed by atoms with Crippen LogP contribution >= 0.6 is 0 Å². The van der Waals surface area contributed by atoms with E-state index in [4.69, 9.17) is 14.5 Å². The molecule has 32 heavy (non-hydrogen) atoms. The van der Waals surface area contributed by atoms with Crippen molar-refractivity contribution in [2.45, 2.75) is 45.9 Å². The number of carbonyl (C=O) groups excluding carboxylic acids is 1. The number of rotatable bonds is 10. The fraction of sp³-hybridized carbons (Fsp3) is 0.440. The Labute approximate surface area is 190 Å². The van der Waals surface area contributed by atoms with Crippen molar-refractivity contribution in [1.29, 1.82) is 0 Å². The van der Waals surface area contributed by atoms with Gasteiger partial charge in [-0.3, -0.25) is 4.79 Å². The minimum Gasteiger partial charge on any atom is -0.497 e. The van der Waals surface area contributed by atoms with Crippen LogP contribution in [0.4, 0.5) is 0 Å². The molecule has 7 nitrogen and oxygen atoms in total. The Balaban J connectivity index is 1.58. The van der Waals surface area contributed by atoms with E-state index in [0.29, 0.717) is 26.1 Å². The van der Waals surface area contributed by atoms with Crippen LogP contribution in [-0.4, -0.2) is 49.6 Å². The maximum Gasteiger partial charge on any atom is 0.222 e. The highest BCUT2D eigenvalue weighted by Crippen LogP contribution is 2.20. The third-order valence-corrected chi connectivity index (χ3v) is 5.34.